The highest BCUT2D eigenvalue weighted by molar-refractivity contribution is 6.05. The Hall–Kier alpha value is -2.90. The molecule has 2 aromatic rings. The standard InChI is InChI=1S/C13H15N5O3/c1-7-4-8(2)10(9(5-7)11(19)20)16-13(21)17-12-14-6-15-18(12)3/h4-6H,1-3H3,(H,19,20)(H2,14,15,16,17,21). The molecular formula is C13H15N5O3. The number of carbonyl (C=O) groups excluding carboxylic acids is 1. The van der Waals surface area contributed by atoms with Crippen LogP contribution in [0.25, 0.3) is 0 Å². The summed E-state index contributed by atoms with van der Waals surface area (Å²) in [7, 11) is 1.63. The maximum absolute atomic E-state index is 11.9. The second kappa shape index (κ2) is 5.61. The zero-order chi connectivity index (χ0) is 15.6. The van der Waals surface area contributed by atoms with Gasteiger partial charge in [-0.1, -0.05) is 6.07 Å². The van der Waals surface area contributed by atoms with Gasteiger partial charge in [-0.25, -0.2) is 14.3 Å². The van der Waals surface area contributed by atoms with Crippen LogP contribution in [-0.2, 0) is 7.05 Å². The molecule has 1 aromatic heterocycles. The number of urea groups is 1. The van der Waals surface area contributed by atoms with Gasteiger partial charge >= 0.3 is 12.0 Å². The summed E-state index contributed by atoms with van der Waals surface area (Å²) < 4.78 is 1.39. The fourth-order valence-corrected chi connectivity index (χ4v) is 1.96. The van der Waals surface area contributed by atoms with Gasteiger partial charge in [0.15, 0.2) is 0 Å². The molecule has 0 fully saturated rings. The van der Waals surface area contributed by atoms with Crippen LogP contribution in [0.15, 0.2) is 18.5 Å². The zero-order valence-corrected chi connectivity index (χ0v) is 11.8. The number of aromatic carboxylic acids is 1. The molecule has 2 amide bonds. The normalized spacial score (nSPS) is 10.2. The van der Waals surface area contributed by atoms with Crippen LogP contribution in [-0.4, -0.2) is 31.9 Å². The van der Waals surface area contributed by atoms with E-state index >= 15 is 0 Å². The van der Waals surface area contributed by atoms with Crippen LogP contribution in [0.5, 0.6) is 0 Å². The van der Waals surface area contributed by atoms with Crippen molar-refractivity contribution in [2.24, 2.45) is 7.05 Å². The molecule has 8 nitrogen and oxygen atoms in total. The van der Waals surface area contributed by atoms with Crippen LogP contribution in [0.4, 0.5) is 16.4 Å². The van der Waals surface area contributed by atoms with E-state index in [-0.39, 0.29) is 17.2 Å². The first-order valence-electron chi connectivity index (χ1n) is 6.15. The van der Waals surface area contributed by atoms with Gasteiger partial charge in [-0.05, 0) is 31.0 Å². The number of aromatic nitrogens is 3. The first kappa shape index (κ1) is 14.5. The van der Waals surface area contributed by atoms with Crippen LogP contribution >= 0.6 is 0 Å². The lowest BCUT2D eigenvalue weighted by atomic mass is 10.0. The van der Waals surface area contributed by atoms with Crippen LogP contribution in [0.3, 0.4) is 0 Å². The second-order valence-electron chi connectivity index (χ2n) is 4.60. The van der Waals surface area contributed by atoms with E-state index in [1.807, 2.05) is 0 Å². The topological polar surface area (TPSA) is 109 Å². The summed E-state index contributed by atoms with van der Waals surface area (Å²) >= 11 is 0. The van der Waals surface area contributed by atoms with Crippen molar-refractivity contribution in [3.63, 3.8) is 0 Å². The van der Waals surface area contributed by atoms with Gasteiger partial charge in [-0.2, -0.15) is 10.1 Å². The molecule has 0 aliphatic carbocycles. The number of anilines is 2. The Morgan fingerprint density at radius 3 is 2.52 bits per heavy atom. The predicted molar refractivity (Wildman–Crippen MR) is 76.5 cm³/mol. The van der Waals surface area contributed by atoms with Crippen molar-refractivity contribution in [2.45, 2.75) is 13.8 Å². The Labute approximate surface area is 120 Å². The summed E-state index contributed by atoms with van der Waals surface area (Å²) in [5.41, 5.74) is 1.78. The molecule has 2 rings (SSSR count). The molecule has 1 aromatic carbocycles. The lowest BCUT2D eigenvalue weighted by molar-refractivity contribution is 0.0698. The second-order valence-corrected chi connectivity index (χ2v) is 4.60. The molecule has 0 saturated carbocycles. The van der Waals surface area contributed by atoms with Crippen molar-refractivity contribution in [1.29, 1.82) is 0 Å². The predicted octanol–water partition coefficient (Wildman–Crippen LogP) is 1.77. The highest BCUT2D eigenvalue weighted by atomic mass is 16.4. The number of hydrogen-bond donors (Lipinski definition) is 3. The molecule has 0 saturated heterocycles. The van der Waals surface area contributed by atoms with Crippen LogP contribution in [0.1, 0.15) is 21.5 Å². The molecule has 110 valence electrons. The molecule has 8 heteroatoms. The lowest BCUT2D eigenvalue weighted by Gasteiger charge is -2.13. The Bertz CT molecular complexity index is 708. The summed E-state index contributed by atoms with van der Waals surface area (Å²) in [5.74, 6) is -0.843. The average molecular weight is 289 g/mol. The van der Waals surface area contributed by atoms with Gasteiger partial charge in [-0.15, -0.1) is 0 Å². The molecule has 3 N–H and O–H groups in total. The third-order valence-corrected chi connectivity index (χ3v) is 2.89. The molecule has 1 heterocycles. The van der Waals surface area contributed by atoms with Crippen LogP contribution in [0.2, 0.25) is 0 Å². The number of carbonyl (C=O) groups is 2. The van der Waals surface area contributed by atoms with Crippen molar-refractivity contribution in [2.75, 3.05) is 10.6 Å². The Morgan fingerprint density at radius 1 is 1.24 bits per heavy atom. The Kier molecular flexibility index (Phi) is 3.88. The number of benzene rings is 1. The molecule has 0 radical (unpaired) electrons. The maximum atomic E-state index is 11.9. The molecular weight excluding hydrogens is 274 g/mol. The van der Waals surface area contributed by atoms with Crippen molar-refractivity contribution < 1.29 is 14.7 Å². The van der Waals surface area contributed by atoms with Gasteiger partial charge in [0, 0.05) is 7.05 Å². The van der Waals surface area contributed by atoms with E-state index in [1.54, 1.807) is 27.0 Å². The van der Waals surface area contributed by atoms with E-state index in [9.17, 15) is 14.7 Å². The smallest absolute Gasteiger partial charge is 0.337 e. The molecule has 0 unspecified atom stereocenters. The molecule has 0 aliphatic heterocycles. The van der Waals surface area contributed by atoms with Crippen LogP contribution < -0.4 is 10.6 Å². The van der Waals surface area contributed by atoms with Crippen LogP contribution in [0, 0.1) is 13.8 Å². The Morgan fingerprint density at radius 2 is 1.95 bits per heavy atom. The van der Waals surface area contributed by atoms with Gasteiger partial charge in [0.05, 0.1) is 11.3 Å². The molecule has 0 bridgehead atoms. The minimum Gasteiger partial charge on any atom is -0.478 e. The first-order chi connectivity index (χ1) is 9.88. The minimum atomic E-state index is -1.10. The largest absolute Gasteiger partial charge is 0.478 e. The summed E-state index contributed by atoms with van der Waals surface area (Å²) in [6.45, 7) is 3.53. The minimum absolute atomic E-state index is 0.0422. The molecule has 0 spiro atoms. The number of nitrogens with one attached hydrogen (secondary N) is 2. The van der Waals surface area contributed by atoms with Gasteiger partial charge in [0.1, 0.15) is 6.33 Å². The maximum Gasteiger partial charge on any atom is 0.337 e. The third-order valence-electron chi connectivity index (χ3n) is 2.89. The molecule has 21 heavy (non-hydrogen) atoms. The number of carboxylic acids is 1. The number of carboxylic acid groups (broad SMARTS) is 1. The third kappa shape index (κ3) is 3.16. The number of amides is 2. The summed E-state index contributed by atoms with van der Waals surface area (Å²) in [5, 5.41) is 18.1. The SMILES string of the molecule is Cc1cc(C)c(NC(=O)Nc2ncnn2C)c(C(=O)O)c1. The molecule has 0 atom stereocenters. The van der Waals surface area contributed by atoms with E-state index in [2.05, 4.69) is 20.7 Å². The van der Waals surface area contributed by atoms with E-state index in [0.29, 0.717) is 5.56 Å². The summed E-state index contributed by atoms with van der Waals surface area (Å²) in [4.78, 5) is 27.1. The number of rotatable bonds is 3. The van der Waals surface area contributed by atoms with Gasteiger partial charge in [0.25, 0.3) is 0 Å². The van der Waals surface area contributed by atoms with Crippen molar-refractivity contribution in [3.05, 3.63) is 35.2 Å². The monoisotopic (exact) mass is 289 g/mol. The van der Waals surface area contributed by atoms with E-state index in [1.165, 1.54) is 17.1 Å². The fourth-order valence-electron chi connectivity index (χ4n) is 1.96. The van der Waals surface area contributed by atoms with E-state index < -0.39 is 12.0 Å². The summed E-state index contributed by atoms with van der Waals surface area (Å²) in [6, 6.07) is 2.72. The Balaban J connectivity index is 2.25. The lowest BCUT2D eigenvalue weighted by Crippen LogP contribution is -2.23. The van der Waals surface area contributed by atoms with Gasteiger partial charge < -0.3 is 10.4 Å². The summed E-state index contributed by atoms with van der Waals surface area (Å²) in [6.07, 6.45) is 1.30. The van der Waals surface area contributed by atoms with Crippen molar-refractivity contribution in [1.82, 2.24) is 14.8 Å². The quantitative estimate of drug-likeness (QED) is 0.797. The van der Waals surface area contributed by atoms with Crippen molar-refractivity contribution >= 4 is 23.6 Å². The number of aryl methyl sites for hydroxylation is 3. The fraction of sp³-hybridized carbons (Fsp3) is 0.231. The molecule has 0 aliphatic rings. The first-order valence-corrected chi connectivity index (χ1v) is 6.15. The average Bonchev–Trinajstić information content (AvgIpc) is 2.77. The highest BCUT2D eigenvalue weighted by Crippen LogP contribution is 2.23. The van der Waals surface area contributed by atoms with Gasteiger partial charge in [0.2, 0.25) is 5.95 Å². The number of nitrogens with zero attached hydrogens (tertiary/aromatic N) is 3. The van der Waals surface area contributed by atoms with E-state index in [0.717, 1.165) is 5.56 Å². The van der Waals surface area contributed by atoms with Crippen molar-refractivity contribution in [3.8, 4) is 0 Å². The van der Waals surface area contributed by atoms with Gasteiger partial charge in [-0.3, -0.25) is 5.32 Å². The van der Waals surface area contributed by atoms with E-state index in [4.69, 9.17) is 0 Å². The zero-order valence-electron chi connectivity index (χ0n) is 11.8. The number of hydrogen-bond acceptors (Lipinski definition) is 4. The highest BCUT2D eigenvalue weighted by Gasteiger charge is 2.16.